The Kier molecular flexibility index (Phi) is 8.78. The highest BCUT2D eigenvalue weighted by Gasteiger charge is 2.15. The zero-order valence-electron chi connectivity index (χ0n) is 7.78. The number of aryl methyl sites for hydroxylation is 2. The van der Waals surface area contributed by atoms with Crippen LogP contribution in [0.2, 0.25) is 0 Å². The minimum absolute atomic E-state index is 0. The Morgan fingerprint density at radius 1 is 1.29 bits per heavy atom. The number of thiazole rings is 1. The molecule has 1 aliphatic carbocycles. The summed E-state index contributed by atoms with van der Waals surface area (Å²) in [5.74, 6) is 0. The van der Waals surface area contributed by atoms with Crippen molar-refractivity contribution in [3.63, 3.8) is 0 Å². The van der Waals surface area contributed by atoms with Gasteiger partial charge in [-0.2, -0.15) is 0 Å². The summed E-state index contributed by atoms with van der Waals surface area (Å²) in [6.07, 6.45) is 4.70. The quantitative estimate of drug-likeness (QED) is 0.865. The summed E-state index contributed by atoms with van der Waals surface area (Å²) < 4.78 is 0. The van der Waals surface area contributed by atoms with Crippen LogP contribution in [0.25, 0.3) is 0 Å². The van der Waals surface area contributed by atoms with Crippen LogP contribution in [0.15, 0.2) is 0 Å². The Hall–Kier alpha value is 0.130. The van der Waals surface area contributed by atoms with Crippen LogP contribution >= 0.6 is 36.2 Å². The number of hydrogen-bond acceptors (Lipinski definition) is 3. The van der Waals surface area contributed by atoms with Crippen molar-refractivity contribution in [2.75, 3.05) is 6.54 Å². The molecule has 0 amide bonds. The number of aromatic nitrogens is 1. The molecule has 0 aliphatic heterocycles. The molecule has 0 atom stereocenters. The molecule has 0 saturated carbocycles. The van der Waals surface area contributed by atoms with Crippen molar-refractivity contribution in [2.24, 2.45) is 5.73 Å². The molecule has 0 unspecified atom stereocenters. The van der Waals surface area contributed by atoms with Crippen LogP contribution in [0.1, 0.15) is 22.0 Å². The lowest BCUT2D eigenvalue weighted by molar-refractivity contribution is 0.824. The van der Waals surface area contributed by atoms with E-state index < -0.39 is 0 Å². The average molecular weight is 259 g/mol. The minimum atomic E-state index is 0. The van der Waals surface area contributed by atoms with E-state index >= 15 is 0 Å². The highest BCUT2D eigenvalue weighted by molar-refractivity contribution is 7.11. The van der Waals surface area contributed by atoms with Crippen LogP contribution in [0.5, 0.6) is 0 Å². The fourth-order valence-corrected chi connectivity index (χ4v) is 2.65. The van der Waals surface area contributed by atoms with E-state index in [9.17, 15) is 0 Å². The summed E-state index contributed by atoms with van der Waals surface area (Å²) in [5, 5.41) is 1.23. The highest BCUT2D eigenvalue weighted by atomic mass is 35.5. The number of rotatable bonds is 2. The van der Waals surface area contributed by atoms with Gasteiger partial charge in [0.05, 0.1) is 10.7 Å². The van der Waals surface area contributed by atoms with E-state index in [4.69, 9.17) is 5.73 Å². The summed E-state index contributed by atoms with van der Waals surface area (Å²) >= 11 is 1.86. The summed E-state index contributed by atoms with van der Waals surface area (Å²) in [6.45, 7) is 0.729. The monoisotopic (exact) mass is 258 g/mol. The number of halogens is 2. The van der Waals surface area contributed by atoms with Crippen LogP contribution in [0.3, 0.4) is 0 Å². The van der Waals surface area contributed by atoms with Gasteiger partial charge >= 0.3 is 0 Å². The van der Waals surface area contributed by atoms with E-state index in [0.717, 1.165) is 13.0 Å². The molecular formula is C8H16Cl2N2OS. The molecule has 0 radical (unpaired) electrons. The summed E-state index contributed by atoms with van der Waals surface area (Å²) in [7, 11) is 0. The maximum atomic E-state index is 5.45. The lowest BCUT2D eigenvalue weighted by Crippen LogP contribution is -2.02. The fraction of sp³-hybridized carbons (Fsp3) is 0.625. The second-order valence-corrected chi connectivity index (χ2v) is 4.04. The van der Waals surface area contributed by atoms with Crippen LogP contribution in [-0.2, 0) is 19.3 Å². The van der Waals surface area contributed by atoms with Gasteiger partial charge in [-0.25, -0.2) is 4.98 Å². The molecule has 0 saturated heterocycles. The van der Waals surface area contributed by atoms with Crippen molar-refractivity contribution in [1.29, 1.82) is 0 Å². The molecule has 14 heavy (non-hydrogen) atoms. The Labute approximate surface area is 100 Å². The van der Waals surface area contributed by atoms with Gasteiger partial charge in [0.2, 0.25) is 0 Å². The van der Waals surface area contributed by atoms with Crippen molar-refractivity contribution in [3.8, 4) is 0 Å². The first-order valence-corrected chi connectivity index (χ1v) is 4.89. The predicted octanol–water partition coefficient (Wildman–Crippen LogP) is 1.15. The third-order valence-electron chi connectivity index (χ3n) is 2.00. The van der Waals surface area contributed by atoms with E-state index in [1.165, 1.54) is 34.8 Å². The van der Waals surface area contributed by atoms with Gasteiger partial charge in [0.15, 0.2) is 0 Å². The fourth-order valence-electron chi connectivity index (χ4n) is 1.47. The molecule has 84 valence electrons. The zero-order chi connectivity index (χ0) is 7.68. The SMILES string of the molecule is Cl.Cl.NCCc1nc2c(s1)CCC2.O. The second kappa shape index (κ2) is 7.43. The molecule has 4 N–H and O–H groups in total. The first-order chi connectivity index (χ1) is 5.40. The van der Waals surface area contributed by atoms with Crippen LogP contribution in [0, 0.1) is 0 Å². The van der Waals surface area contributed by atoms with Gasteiger partial charge in [-0.1, -0.05) is 0 Å². The molecule has 1 aromatic heterocycles. The maximum absolute atomic E-state index is 5.45. The van der Waals surface area contributed by atoms with Crippen molar-refractivity contribution in [1.82, 2.24) is 4.98 Å². The van der Waals surface area contributed by atoms with E-state index in [1.54, 1.807) is 0 Å². The van der Waals surface area contributed by atoms with E-state index in [-0.39, 0.29) is 30.3 Å². The van der Waals surface area contributed by atoms with Crippen LogP contribution in [-0.4, -0.2) is 17.0 Å². The van der Waals surface area contributed by atoms with Crippen LogP contribution in [0.4, 0.5) is 0 Å². The molecular weight excluding hydrogens is 243 g/mol. The standard InChI is InChI=1S/C8H12N2S.2ClH.H2O/c9-5-4-8-10-6-2-1-3-7(6)11-8;;;/h1-5,9H2;2*1H;1H2. The predicted molar refractivity (Wildman–Crippen MR) is 65.0 cm³/mol. The van der Waals surface area contributed by atoms with E-state index in [0.29, 0.717) is 0 Å². The molecule has 3 nitrogen and oxygen atoms in total. The largest absolute Gasteiger partial charge is 0.412 e. The van der Waals surface area contributed by atoms with Crippen molar-refractivity contribution in [3.05, 3.63) is 15.6 Å². The second-order valence-electron chi connectivity index (χ2n) is 2.87. The van der Waals surface area contributed by atoms with E-state index in [2.05, 4.69) is 4.98 Å². The first-order valence-electron chi connectivity index (χ1n) is 4.07. The first kappa shape index (κ1) is 16.6. The Balaban J connectivity index is 0. The Morgan fingerprint density at radius 3 is 2.57 bits per heavy atom. The van der Waals surface area contributed by atoms with Gasteiger partial charge in [0, 0.05) is 11.3 Å². The van der Waals surface area contributed by atoms with Gasteiger partial charge in [0.1, 0.15) is 0 Å². The molecule has 2 rings (SSSR count). The summed E-state index contributed by atoms with van der Waals surface area (Å²) in [4.78, 5) is 6.03. The third-order valence-corrected chi connectivity index (χ3v) is 3.22. The number of fused-ring (bicyclic) bond motifs is 1. The van der Waals surface area contributed by atoms with Crippen molar-refractivity contribution < 1.29 is 5.48 Å². The van der Waals surface area contributed by atoms with Crippen molar-refractivity contribution >= 4 is 36.2 Å². The summed E-state index contributed by atoms with van der Waals surface area (Å²) in [6, 6.07) is 0. The molecule has 0 bridgehead atoms. The molecule has 1 aliphatic rings. The highest BCUT2D eigenvalue weighted by Crippen LogP contribution is 2.27. The number of nitrogens with two attached hydrogens (primary N) is 1. The maximum Gasteiger partial charge on any atom is 0.0943 e. The van der Waals surface area contributed by atoms with Gasteiger partial charge < -0.3 is 11.2 Å². The van der Waals surface area contributed by atoms with Gasteiger partial charge in [-0.05, 0) is 25.8 Å². The normalized spacial score (nSPS) is 12.1. The smallest absolute Gasteiger partial charge is 0.0943 e. The third kappa shape index (κ3) is 3.37. The van der Waals surface area contributed by atoms with Gasteiger partial charge in [0.25, 0.3) is 0 Å². The van der Waals surface area contributed by atoms with E-state index in [1.807, 2.05) is 11.3 Å². The zero-order valence-corrected chi connectivity index (χ0v) is 10.2. The van der Waals surface area contributed by atoms with Gasteiger partial charge in [-0.15, -0.1) is 36.2 Å². The van der Waals surface area contributed by atoms with Crippen LogP contribution < -0.4 is 5.73 Å². The molecule has 0 spiro atoms. The molecule has 6 heteroatoms. The number of hydrogen-bond donors (Lipinski definition) is 1. The topological polar surface area (TPSA) is 70.4 Å². The number of nitrogens with zero attached hydrogens (tertiary/aromatic N) is 1. The Bertz CT molecular complexity index is 246. The molecule has 0 aromatic carbocycles. The summed E-state index contributed by atoms with van der Waals surface area (Å²) in [5.41, 5.74) is 6.79. The molecule has 1 heterocycles. The van der Waals surface area contributed by atoms with Gasteiger partial charge in [-0.3, -0.25) is 0 Å². The molecule has 0 fully saturated rings. The lowest BCUT2D eigenvalue weighted by atomic mass is 10.4. The van der Waals surface area contributed by atoms with Crippen molar-refractivity contribution in [2.45, 2.75) is 25.7 Å². The molecule has 1 aromatic rings. The Morgan fingerprint density at radius 2 is 2.00 bits per heavy atom. The lowest BCUT2D eigenvalue weighted by Gasteiger charge is -1.89. The minimum Gasteiger partial charge on any atom is -0.412 e. The average Bonchev–Trinajstić information content (AvgIpc) is 2.46.